The Labute approximate surface area is 391 Å². The predicted octanol–water partition coefficient (Wildman–Crippen LogP) is 4.50. The monoisotopic (exact) mass is 1150 g/mol. The number of furan rings is 1. The number of para-hydroxylation sites is 2. The first-order valence-electron chi connectivity index (χ1n) is 21.4. The van der Waals surface area contributed by atoms with Crippen LogP contribution in [0.2, 0.25) is 0 Å². The van der Waals surface area contributed by atoms with Gasteiger partial charge < -0.3 is 4.42 Å². The van der Waals surface area contributed by atoms with Gasteiger partial charge in [-0.2, -0.15) is 0 Å². The fraction of sp³-hybridized carbons (Fsp3) is 0.170. The number of rotatable bonds is 13. The van der Waals surface area contributed by atoms with Gasteiger partial charge in [0.05, 0.1) is 10.9 Å². The summed E-state index contributed by atoms with van der Waals surface area (Å²) in [6, 6.07) is 45.7. The molecule has 0 unspecified atom stereocenters. The van der Waals surface area contributed by atoms with Gasteiger partial charge in [-0.15, -0.1) is 0 Å². The minimum absolute atomic E-state index is 0.0248. The van der Waals surface area contributed by atoms with E-state index in [9.17, 15) is 0 Å². The van der Waals surface area contributed by atoms with Gasteiger partial charge in [-0.25, -0.2) is 4.98 Å². The Morgan fingerprint density at radius 1 is 0.565 bits per heavy atom. The van der Waals surface area contributed by atoms with E-state index < -0.39 is 0 Å². The molecule has 6 nitrogen and oxygen atoms in total. The molecule has 11 rings (SSSR count). The molecule has 0 spiro atoms. The molecule has 0 saturated heterocycles. The number of fused-ring (bicyclic) bond motifs is 13. The number of hydrogen-bond acceptors (Lipinski definition) is 4. The number of imidazole rings is 1. The third kappa shape index (κ3) is 6.93. The molecule has 5 heterocycles. The van der Waals surface area contributed by atoms with Crippen LogP contribution in [0.3, 0.4) is 0 Å². The Balaban J connectivity index is 1.08. The number of aromatic nitrogens is 4. The van der Waals surface area contributed by atoms with Crippen molar-refractivity contribution in [1.29, 1.82) is 0 Å². The molecule has 0 saturated carbocycles. The summed E-state index contributed by atoms with van der Waals surface area (Å²) in [5.74, 6) is 2.37. The van der Waals surface area contributed by atoms with Gasteiger partial charge in [-0.1, -0.05) is 24.3 Å². The van der Waals surface area contributed by atoms with Crippen LogP contribution in [0.15, 0.2) is 144 Å². The van der Waals surface area contributed by atoms with Gasteiger partial charge in [0.1, 0.15) is 17.0 Å². The van der Waals surface area contributed by atoms with E-state index in [1.807, 2.05) is 30.5 Å². The Morgan fingerprint density at radius 3 is 2.02 bits per heavy atom. The van der Waals surface area contributed by atoms with Crippen molar-refractivity contribution in [3.63, 3.8) is 0 Å². The summed E-state index contributed by atoms with van der Waals surface area (Å²) in [4.78, 5) is 10.2. The number of pyridine rings is 2. The molecule has 312 valence electrons. The average molecular weight is 1150 g/mol. The summed E-state index contributed by atoms with van der Waals surface area (Å²) in [7, 11) is 0. The number of alkyl halides is 3. The average Bonchev–Trinajstić information content (AvgIpc) is 4.02. The third-order valence-electron chi connectivity index (χ3n) is 11.3. The first kappa shape index (κ1) is 40.1. The summed E-state index contributed by atoms with van der Waals surface area (Å²) in [5.41, 5.74) is 8.73. The Bertz CT molecular complexity index is 3450. The van der Waals surface area contributed by atoms with Crippen LogP contribution in [-0.4, -0.2) is 32.2 Å². The second kappa shape index (κ2) is 17.1. The second-order valence-corrected chi connectivity index (χ2v) is 24.6. The Hall–Kier alpha value is -4.73. The van der Waals surface area contributed by atoms with Crippen molar-refractivity contribution in [3.05, 3.63) is 150 Å². The van der Waals surface area contributed by atoms with Crippen molar-refractivity contribution in [1.82, 2.24) is 18.9 Å². The quantitative estimate of drug-likeness (QED) is 0.0972. The molecule has 6 aromatic carbocycles. The molecule has 9 heteroatoms. The SMILES string of the molecule is CCC[I-]c1cc([I-]CCC)c(-c2cnc3c4cc(Oc5ccc6c7ccc8oc9ccccc9c8c7n(-c7ccccn7)c6c5)ccc4c4ccccc4n23)c([I-]CCC)c1. The standard InChI is InChI=1S/C53H44I3N4O2/c1-4-24-54-33-28-42(55-25-5-2)51(43(29-33)56-26-6-3)46-32-58-53-41-30-34(18-20-36(41)37-13-7-9-15-44(37)59(46)53)61-35-19-21-38-39-22-23-48-50(40-14-8-10-16-47(40)62-48)52(39)60(45(38)31-35)49-17-11-12-27-57-49/h7-23,27-32H,4-6,24-26H2,1-3H3/q-3. The van der Waals surface area contributed by atoms with Crippen molar-refractivity contribution in [3.8, 4) is 28.6 Å². The van der Waals surface area contributed by atoms with E-state index in [0.717, 1.165) is 72.1 Å². The molecule has 62 heavy (non-hydrogen) atoms. The molecule has 0 radical (unpaired) electrons. The maximum absolute atomic E-state index is 6.87. The van der Waals surface area contributed by atoms with Gasteiger partial charge in [-0.3, -0.25) is 4.57 Å². The second-order valence-electron chi connectivity index (χ2n) is 15.5. The molecule has 0 bridgehead atoms. The van der Waals surface area contributed by atoms with Crippen LogP contribution in [0.5, 0.6) is 11.5 Å². The van der Waals surface area contributed by atoms with Crippen LogP contribution >= 0.6 is 0 Å². The summed E-state index contributed by atoms with van der Waals surface area (Å²) in [6.07, 6.45) is 7.75. The normalized spacial score (nSPS) is 12.2. The number of ether oxygens (including phenoxy) is 1. The number of benzene rings is 6. The molecular formula is C53H44I3N4O2-3. The summed E-state index contributed by atoms with van der Waals surface area (Å²) >= 11 is -0.228. The van der Waals surface area contributed by atoms with E-state index in [1.54, 1.807) is 10.7 Å². The number of halogens is 3. The molecule has 11 aromatic rings. The topological polar surface area (TPSA) is 57.5 Å². The summed E-state index contributed by atoms with van der Waals surface area (Å²) in [6.45, 7) is 7.00. The molecule has 0 aliphatic rings. The summed E-state index contributed by atoms with van der Waals surface area (Å²) in [5, 5.41) is 7.93. The van der Waals surface area contributed by atoms with Gasteiger partial charge in [0.25, 0.3) is 0 Å². The predicted molar refractivity (Wildman–Crippen MR) is 243 cm³/mol. The van der Waals surface area contributed by atoms with Crippen LogP contribution in [0, 0.1) is 10.7 Å². The molecule has 0 atom stereocenters. The zero-order valence-electron chi connectivity index (χ0n) is 34.8. The first-order valence-corrected chi connectivity index (χ1v) is 29.2. The molecule has 0 fully saturated rings. The van der Waals surface area contributed by atoms with Gasteiger partial charge in [0.2, 0.25) is 0 Å². The van der Waals surface area contributed by atoms with E-state index in [0.29, 0.717) is 0 Å². The van der Waals surface area contributed by atoms with E-state index in [2.05, 4.69) is 139 Å². The van der Waals surface area contributed by atoms with Gasteiger partial charge >= 0.3 is 276 Å². The van der Waals surface area contributed by atoms with Crippen molar-refractivity contribution < 1.29 is 72.8 Å². The minimum atomic E-state index is -0.126. The van der Waals surface area contributed by atoms with Crippen LogP contribution in [0.1, 0.15) is 40.0 Å². The van der Waals surface area contributed by atoms with Crippen molar-refractivity contribution in [2.24, 2.45) is 0 Å². The molecule has 0 aliphatic heterocycles. The summed E-state index contributed by atoms with van der Waals surface area (Å²) < 4.78 is 26.8. The zero-order valence-corrected chi connectivity index (χ0v) is 41.2. The first-order chi connectivity index (χ1) is 30.6. The van der Waals surface area contributed by atoms with E-state index in [4.69, 9.17) is 19.1 Å². The molecule has 0 N–H and O–H groups in total. The molecule has 0 aliphatic carbocycles. The van der Waals surface area contributed by atoms with Crippen LogP contribution < -0.4 is 68.4 Å². The van der Waals surface area contributed by atoms with E-state index in [-0.39, 0.29) is 63.6 Å². The van der Waals surface area contributed by atoms with E-state index in [1.165, 1.54) is 60.1 Å². The fourth-order valence-electron chi connectivity index (χ4n) is 8.75. The van der Waals surface area contributed by atoms with Crippen molar-refractivity contribution >= 4 is 71.1 Å². The van der Waals surface area contributed by atoms with Crippen molar-refractivity contribution in [2.45, 2.75) is 40.0 Å². The van der Waals surface area contributed by atoms with Crippen LogP contribution in [0.4, 0.5) is 0 Å². The number of nitrogens with zero attached hydrogens (tertiary/aromatic N) is 4. The Kier molecular flexibility index (Phi) is 11.0. The number of hydrogen-bond donors (Lipinski definition) is 0. The fourth-order valence-corrected chi connectivity index (χ4v) is 17.9. The van der Waals surface area contributed by atoms with E-state index >= 15 is 0 Å². The molecular weight excluding hydrogens is 1110 g/mol. The Morgan fingerprint density at radius 2 is 1.24 bits per heavy atom. The molecule has 5 aromatic heterocycles. The van der Waals surface area contributed by atoms with Gasteiger partial charge in [0, 0.05) is 22.4 Å². The maximum atomic E-state index is 6.87. The van der Waals surface area contributed by atoms with Crippen LogP contribution in [0.25, 0.3) is 88.1 Å². The third-order valence-corrected chi connectivity index (χ3v) is 21.0. The van der Waals surface area contributed by atoms with Crippen molar-refractivity contribution in [2.75, 3.05) is 13.3 Å². The van der Waals surface area contributed by atoms with Gasteiger partial charge in [0.15, 0.2) is 0 Å². The molecule has 0 amide bonds. The van der Waals surface area contributed by atoms with Crippen LogP contribution in [-0.2, 0) is 0 Å². The zero-order chi connectivity index (χ0) is 41.7. The van der Waals surface area contributed by atoms with Gasteiger partial charge in [-0.05, 0) is 30.3 Å².